The zero-order valence-electron chi connectivity index (χ0n) is 9.86. The number of hydrogen-bond donors (Lipinski definition) is 3. The van der Waals surface area contributed by atoms with Crippen LogP contribution in [0.15, 0.2) is 12.3 Å². The number of nitrogen functional groups attached to an aromatic ring is 1. The Morgan fingerprint density at radius 3 is 2.76 bits per heavy atom. The summed E-state index contributed by atoms with van der Waals surface area (Å²) in [6.45, 7) is 2.12. The van der Waals surface area contributed by atoms with Gasteiger partial charge in [-0.3, -0.25) is 0 Å². The van der Waals surface area contributed by atoms with Gasteiger partial charge in [0.1, 0.15) is 5.82 Å². The molecule has 1 fully saturated rings. The molecule has 4 N–H and O–H groups in total. The maximum absolute atomic E-state index is 11.0. The summed E-state index contributed by atoms with van der Waals surface area (Å²) in [5.41, 5.74) is 6.12. The molecule has 0 aliphatic heterocycles. The molecule has 0 unspecified atom stereocenters. The second-order valence-corrected chi connectivity index (χ2v) is 4.82. The number of pyridine rings is 1. The van der Waals surface area contributed by atoms with E-state index >= 15 is 0 Å². The van der Waals surface area contributed by atoms with Crippen molar-refractivity contribution in [2.75, 3.05) is 11.1 Å². The highest BCUT2D eigenvalue weighted by Crippen LogP contribution is 2.34. The minimum Gasteiger partial charge on any atom is -0.478 e. The number of nitrogens with two attached hydrogens (primary N) is 1. The van der Waals surface area contributed by atoms with Gasteiger partial charge in [0.15, 0.2) is 0 Å². The van der Waals surface area contributed by atoms with Crippen molar-refractivity contribution in [3.8, 4) is 0 Å². The van der Waals surface area contributed by atoms with E-state index in [1.165, 1.54) is 25.1 Å². The first-order chi connectivity index (χ1) is 8.02. The highest BCUT2D eigenvalue weighted by molar-refractivity contribution is 5.96. The van der Waals surface area contributed by atoms with Crippen molar-refractivity contribution in [2.24, 2.45) is 0 Å². The fourth-order valence-electron chi connectivity index (χ4n) is 2.33. The van der Waals surface area contributed by atoms with Crippen LogP contribution in [0.25, 0.3) is 0 Å². The third-order valence-corrected chi connectivity index (χ3v) is 3.35. The molecule has 17 heavy (non-hydrogen) atoms. The number of rotatable bonds is 3. The van der Waals surface area contributed by atoms with E-state index < -0.39 is 5.97 Å². The van der Waals surface area contributed by atoms with Crippen LogP contribution < -0.4 is 11.1 Å². The monoisotopic (exact) mass is 235 g/mol. The third kappa shape index (κ3) is 2.33. The molecule has 92 valence electrons. The van der Waals surface area contributed by atoms with Crippen LogP contribution in [0.1, 0.15) is 43.0 Å². The number of carboxylic acids is 1. The molecule has 1 aliphatic carbocycles. The lowest BCUT2D eigenvalue weighted by Crippen LogP contribution is -2.32. The topological polar surface area (TPSA) is 88.2 Å². The van der Waals surface area contributed by atoms with E-state index in [0.29, 0.717) is 5.82 Å². The molecule has 0 bridgehead atoms. The number of anilines is 2. The lowest BCUT2D eigenvalue weighted by molar-refractivity contribution is 0.0698. The van der Waals surface area contributed by atoms with Crippen LogP contribution in [0, 0.1) is 0 Å². The first-order valence-electron chi connectivity index (χ1n) is 5.78. The maximum Gasteiger partial charge on any atom is 0.337 e. The number of nitrogens with zero attached hydrogens (tertiary/aromatic N) is 1. The van der Waals surface area contributed by atoms with E-state index in [9.17, 15) is 4.79 Å². The maximum atomic E-state index is 11.0. The van der Waals surface area contributed by atoms with Gasteiger partial charge < -0.3 is 16.2 Å². The van der Waals surface area contributed by atoms with E-state index in [-0.39, 0.29) is 16.8 Å². The van der Waals surface area contributed by atoms with Crippen LogP contribution in [0.4, 0.5) is 11.5 Å². The molecule has 0 saturated heterocycles. The molecule has 1 aromatic rings. The number of hydrogen-bond acceptors (Lipinski definition) is 4. The summed E-state index contributed by atoms with van der Waals surface area (Å²) >= 11 is 0. The fourth-order valence-corrected chi connectivity index (χ4v) is 2.33. The summed E-state index contributed by atoms with van der Waals surface area (Å²) in [5.74, 6) is -0.543. The normalized spacial score (nSPS) is 17.9. The number of aromatic nitrogens is 1. The number of nitrogens with one attached hydrogen (secondary N) is 1. The predicted octanol–water partition coefficient (Wildman–Crippen LogP) is 2.11. The summed E-state index contributed by atoms with van der Waals surface area (Å²) in [7, 11) is 0. The predicted molar refractivity (Wildman–Crippen MR) is 66.1 cm³/mol. The minimum atomic E-state index is -1.02. The average Bonchev–Trinajstić information content (AvgIpc) is 2.68. The lowest BCUT2D eigenvalue weighted by Gasteiger charge is -2.26. The average molecular weight is 235 g/mol. The first kappa shape index (κ1) is 11.7. The molecule has 1 aromatic heterocycles. The van der Waals surface area contributed by atoms with Crippen LogP contribution in [-0.4, -0.2) is 21.6 Å². The molecule has 2 rings (SSSR count). The van der Waals surface area contributed by atoms with E-state index in [0.717, 1.165) is 12.8 Å². The first-order valence-corrected chi connectivity index (χ1v) is 5.78. The van der Waals surface area contributed by atoms with Gasteiger partial charge in [0.25, 0.3) is 0 Å². The van der Waals surface area contributed by atoms with Gasteiger partial charge in [-0.2, -0.15) is 0 Å². The van der Waals surface area contributed by atoms with Crippen molar-refractivity contribution < 1.29 is 9.90 Å². The van der Waals surface area contributed by atoms with E-state index in [4.69, 9.17) is 10.8 Å². The summed E-state index contributed by atoms with van der Waals surface area (Å²) in [5, 5.41) is 12.3. The van der Waals surface area contributed by atoms with Gasteiger partial charge >= 0.3 is 5.97 Å². The lowest BCUT2D eigenvalue weighted by atomic mass is 10.0. The van der Waals surface area contributed by atoms with Gasteiger partial charge in [-0.05, 0) is 25.8 Å². The number of carboxylic acid groups (broad SMARTS) is 1. The van der Waals surface area contributed by atoms with Gasteiger partial charge in [0.05, 0.1) is 11.3 Å². The molecule has 1 aliphatic rings. The third-order valence-electron chi connectivity index (χ3n) is 3.35. The van der Waals surface area contributed by atoms with Crippen LogP contribution in [0.2, 0.25) is 0 Å². The van der Waals surface area contributed by atoms with Crippen LogP contribution in [0.3, 0.4) is 0 Å². The van der Waals surface area contributed by atoms with E-state index in [1.54, 1.807) is 0 Å². The quantitative estimate of drug-likeness (QED) is 0.746. The molecule has 0 radical (unpaired) electrons. The summed E-state index contributed by atoms with van der Waals surface area (Å²) in [6.07, 6.45) is 5.96. The Morgan fingerprint density at radius 1 is 1.53 bits per heavy atom. The summed E-state index contributed by atoms with van der Waals surface area (Å²) < 4.78 is 0. The Hall–Kier alpha value is -1.78. The Bertz CT molecular complexity index is 439. The smallest absolute Gasteiger partial charge is 0.337 e. The SMILES string of the molecule is CC1(Nc2nccc(C(=O)O)c2N)CCCC1. The Labute approximate surface area is 100 Å². The Balaban J connectivity index is 2.27. The molecular formula is C12H17N3O2. The minimum absolute atomic E-state index is 0.0156. The molecular weight excluding hydrogens is 218 g/mol. The molecule has 0 aromatic carbocycles. The number of carbonyl (C=O) groups is 1. The molecule has 5 nitrogen and oxygen atoms in total. The van der Waals surface area contributed by atoms with Crippen molar-refractivity contribution >= 4 is 17.5 Å². The van der Waals surface area contributed by atoms with Gasteiger partial charge in [-0.15, -0.1) is 0 Å². The van der Waals surface area contributed by atoms with Crippen molar-refractivity contribution in [1.82, 2.24) is 4.98 Å². The van der Waals surface area contributed by atoms with Gasteiger partial charge in [-0.1, -0.05) is 12.8 Å². The Kier molecular flexibility index (Phi) is 2.92. The molecule has 5 heteroatoms. The van der Waals surface area contributed by atoms with Crippen molar-refractivity contribution in [3.05, 3.63) is 17.8 Å². The molecule has 0 spiro atoms. The van der Waals surface area contributed by atoms with Crippen LogP contribution in [0.5, 0.6) is 0 Å². The standard InChI is InChI=1S/C12H17N3O2/c1-12(5-2-3-6-12)15-10-9(13)8(11(16)17)4-7-14-10/h4,7H,2-3,5-6,13H2,1H3,(H,14,15)(H,16,17). The second-order valence-electron chi connectivity index (χ2n) is 4.82. The van der Waals surface area contributed by atoms with Crippen molar-refractivity contribution in [2.45, 2.75) is 38.1 Å². The number of aromatic carboxylic acids is 1. The highest BCUT2D eigenvalue weighted by Gasteiger charge is 2.29. The molecule has 0 atom stereocenters. The van der Waals surface area contributed by atoms with Gasteiger partial charge in [0, 0.05) is 11.7 Å². The van der Waals surface area contributed by atoms with Gasteiger partial charge in [-0.25, -0.2) is 9.78 Å². The van der Waals surface area contributed by atoms with E-state index in [2.05, 4.69) is 17.2 Å². The van der Waals surface area contributed by atoms with E-state index in [1.807, 2.05) is 0 Å². The van der Waals surface area contributed by atoms with Crippen molar-refractivity contribution in [3.63, 3.8) is 0 Å². The molecule has 0 amide bonds. The summed E-state index contributed by atoms with van der Waals surface area (Å²) in [6, 6.07) is 1.42. The Morgan fingerprint density at radius 2 is 2.18 bits per heavy atom. The molecule has 1 saturated carbocycles. The molecule has 1 heterocycles. The van der Waals surface area contributed by atoms with Gasteiger partial charge in [0.2, 0.25) is 0 Å². The zero-order valence-corrected chi connectivity index (χ0v) is 9.86. The van der Waals surface area contributed by atoms with Crippen LogP contribution in [-0.2, 0) is 0 Å². The van der Waals surface area contributed by atoms with Crippen LogP contribution >= 0.6 is 0 Å². The second kappa shape index (κ2) is 4.24. The zero-order chi connectivity index (χ0) is 12.5. The summed E-state index contributed by atoms with van der Waals surface area (Å²) in [4.78, 5) is 15.1. The fraction of sp³-hybridized carbons (Fsp3) is 0.500. The largest absolute Gasteiger partial charge is 0.478 e. The van der Waals surface area contributed by atoms with Crippen molar-refractivity contribution in [1.29, 1.82) is 0 Å². The highest BCUT2D eigenvalue weighted by atomic mass is 16.4.